The number of hydrogen-bond acceptors (Lipinski definition) is 3. The molecular formula is C16H17NO2. The SMILES string of the molecule is CC(C)c1ccnc(C(=O)OCc2ccccc2)c1. The lowest BCUT2D eigenvalue weighted by Gasteiger charge is -2.07. The summed E-state index contributed by atoms with van der Waals surface area (Å²) in [6.07, 6.45) is 1.65. The molecule has 1 aromatic carbocycles. The number of carbonyl (C=O) groups is 1. The Morgan fingerprint density at radius 1 is 1.21 bits per heavy atom. The van der Waals surface area contributed by atoms with Gasteiger partial charge in [0.15, 0.2) is 0 Å². The van der Waals surface area contributed by atoms with Crippen LogP contribution in [0.1, 0.15) is 41.4 Å². The van der Waals surface area contributed by atoms with Gasteiger partial charge >= 0.3 is 5.97 Å². The fourth-order valence-corrected chi connectivity index (χ4v) is 1.71. The summed E-state index contributed by atoms with van der Waals surface area (Å²) in [6.45, 7) is 4.43. The lowest BCUT2D eigenvalue weighted by atomic mass is 10.0. The molecule has 0 atom stereocenters. The van der Waals surface area contributed by atoms with Gasteiger partial charge in [-0.05, 0) is 29.2 Å². The van der Waals surface area contributed by atoms with Gasteiger partial charge in [0, 0.05) is 6.20 Å². The lowest BCUT2D eigenvalue weighted by Crippen LogP contribution is -2.08. The molecule has 19 heavy (non-hydrogen) atoms. The van der Waals surface area contributed by atoms with Crippen molar-refractivity contribution in [3.8, 4) is 0 Å². The molecule has 0 radical (unpaired) electrons. The highest BCUT2D eigenvalue weighted by atomic mass is 16.5. The molecule has 98 valence electrons. The van der Waals surface area contributed by atoms with Crippen molar-refractivity contribution in [2.75, 3.05) is 0 Å². The normalized spacial score (nSPS) is 10.5. The van der Waals surface area contributed by atoms with E-state index in [9.17, 15) is 4.79 Å². The van der Waals surface area contributed by atoms with Crippen molar-refractivity contribution in [2.45, 2.75) is 26.4 Å². The minimum atomic E-state index is -0.383. The van der Waals surface area contributed by atoms with Crippen LogP contribution in [0, 0.1) is 0 Å². The minimum Gasteiger partial charge on any atom is -0.456 e. The molecule has 1 heterocycles. The van der Waals surface area contributed by atoms with E-state index in [4.69, 9.17) is 4.74 Å². The molecule has 0 saturated carbocycles. The quantitative estimate of drug-likeness (QED) is 0.784. The van der Waals surface area contributed by atoms with Gasteiger partial charge < -0.3 is 4.74 Å². The Labute approximate surface area is 113 Å². The van der Waals surface area contributed by atoms with Gasteiger partial charge in [0.1, 0.15) is 12.3 Å². The van der Waals surface area contributed by atoms with Crippen LogP contribution in [0.5, 0.6) is 0 Å². The van der Waals surface area contributed by atoms with E-state index in [1.807, 2.05) is 36.4 Å². The number of rotatable bonds is 4. The summed E-state index contributed by atoms with van der Waals surface area (Å²) < 4.78 is 5.25. The van der Waals surface area contributed by atoms with Crippen LogP contribution in [0.15, 0.2) is 48.7 Å². The summed E-state index contributed by atoms with van der Waals surface area (Å²) in [6, 6.07) is 13.3. The maximum absolute atomic E-state index is 11.9. The summed E-state index contributed by atoms with van der Waals surface area (Å²) >= 11 is 0. The summed E-state index contributed by atoms with van der Waals surface area (Å²) in [5.41, 5.74) is 2.42. The Hall–Kier alpha value is -2.16. The lowest BCUT2D eigenvalue weighted by molar-refractivity contribution is 0.0465. The highest BCUT2D eigenvalue weighted by Gasteiger charge is 2.10. The average Bonchev–Trinajstić information content (AvgIpc) is 2.46. The first-order chi connectivity index (χ1) is 9.16. The molecule has 0 amide bonds. The van der Waals surface area contributed by atoms with Crippen LogP contribution in [0.25, 0.3) is 0 Å². The minimum absolute atomic E-state index is 0.271. The Balaban J connectivity index is 2.02. The van der Waals surface area contributed by atoms with E-state index in [2.05, 4.69) is 18.8 Å². The van der Waals surface area contributed by atoms with Crippen LogP contribution in [0.4, 0.5) is 0 Å². The van der Waals surface area contributed by atoms with Gasteiger partial charge in [-0.2, -0.15) is 0 Å². The van der Waals surface area contributed by atoms with Gasteiger partial charge in [0.05, 0.1) is 0 Å². The molecule has 2 rings (SSSR count). The standard InChI is InChI=1S/C16H17NO2/c1-12(2)14-8-9-17-15(10-14)16(18)19-11-13-6-4-3-5-7-13/h3-10,12H,11H2,1-2H3. The van der Waals surface area contributed by atoms with E-state index in [0.717, 1.165) is 11.1 Å². The maximum Gasteiger partial charge on any atom is 0.357 e. The van der Waals surface area contributed by atoms with Crippen LogP contribution in [0.2, 0.25) is 0 Å². The zero-order valence-corrected chi connectivity index (χ0v) is 11.2. The van der Waals surface area contributed by atoms with Crippen LogP contribution in [-0.4, -0.2) is 11.0 Å². The van der Waals surface area contributed by atoms with Gasteiger partial charge in [-0.25, -0.2) is 9.78 Å². The highest BCUT2D eigenvalue weighted by molar-refractivity contribution is 5.87. The third-order valence-corrected chi connectivity index (χ3v) is 2.87. The van der Waals surface area contributed by atoms with Gasteiger partial charge in [-0.1, -0.05) is 44.2 Å². The largest absolute Gasteiger partial charge is 0.456 e. The second kappa shape index (κ2) is 6.14. The molecule has 0 saturated heterocycles. The van der Waals surface area contributed by atoms with Gasteiger partial charge in [0.25, 0.3) is 0 Å². The third-order valence-electron chi connectivity index (χ3n) is 2.87. The Bertz CT molecular complexity index is 550. The van der Waals surface area contributed by atoms with E-state index in [-0.39, 0.29) is 12.6 Å². The molecule has 0 spiro atoms. The van der Waals surface area contributed by atoms with Crippen LogP contribution >= 0.6 is 0 Å². The molecule has 0 N–H and O–H groups in total. The molecular weight excluding hydrogens is 238 g/mol. The molecule has 0 aliphatic carbocycles. The predicted octanol–water partition coefficient (Wildman–Crippen LogP) is 3.56. The average molecular weight is 255 g/mol. The summed E-state index contributed by atoms with van der Waals surface area (Å²) in [5.74, 6) is -0.0185. The maximum atomic E-state index is 11.9. The first-order valence-corrected chi connectivity index (χ1v) is 6.34. The molecule has 0 bridgehead atoms. The second-order valence-corrected chi connectivity index (χ2v) is 4.69. The van der Waals surface area contributed by atoms with Crippen molar-refractivity contribution in [1.29, 1.82) is 0 Å². The van der Waals surface area contributed by atoms with Crippen LogP contribution in [0.3, 0.4) is 0 Å². The number of benzene rings is 1. The monoisotopic (exact) mass is 255 g/mol. The fraction of sp³-hybridized carbons (Fsp3) is 0.250. The first kappa shape index (κ1) is 13.3. The number of hydrogen-bond donors (Lipinski definition) is 0. The van der Waals surface area contributed by atoms with Crippen LogP contribution < -0.4 is 0 Å². The first-order valence-electron chi connectivity index (χ1n) is 6.34. The van der Waals surface area contributed by atoms with Crippen molar-refractivity contribution < 1.29 is 9.53 Å². The number of nitrogens with zero attached hydrogens (tertiary/aromatic N) is 1. The number of pyridine rings is 1. The number of carbonyl (C=O) groups excluding carboxylic acids is 1. The van der Waals surface area contributed by atoms with Crippen molar-refractivity contribution in [1.82, 2.24) is 4.98 Å². The number of ether oxygens (including phenoxy) is 1. The van der Waals surface area contributed by atoms with Crippen molar-refractivity contribution in [3.63, 3.8) is 0 Å². The smallest absolute Gasteiger partial charge is 0.357 e. The Morgan fingerprint density at radius 2 is 1.95 bits per heavy atom. The summed E-state index contributed by atoms with van der Waals surface area (Å²) in [5, 5.41) is 0. The molecule has 0 aliphatic heterocycles. The van der Waals surface area contributed by atoms with E-state index in [1.54, 1.807) is 12.3 Å². The number of aromatic nitrogens is 1. The highest BCUT2D eigenvalue weighted by Crippen LogP contribution is 2.14. The van der Waals surface area contributed by atoms with Gasteiger partial charge in [-0.3, -0.25) is 0 Å². The van der Waals surface area contributed by atoms with Crippen molar-refractivity contribution in [2.24, 2.45) is 0 Å². The molecule has 3 heteroatoms. The van der Waals surface area contributed by atoms with Gasteiger partial charge in [0.2, 0.25) is 0 Å². The molecule has 2 aromatic rings. The summed E-state index contributed by atoms with van der Waals surface area (Å²) in [7, 11) is 0. The molecule has 1 aromatic heterocycles. The van der Waals surface area contributed by atoms with E-state index in [1.165, 1.54) is 0 Å². The topological polar surface area (TPSA) is 39.2 Å². The third kappa shape index (κ3) is 3.65. The fourth-order valence-electron chi connectivity index (χ4n) is 1.71. The Kier molecular flexibility index (Phi) is 4.29. The van der Waals surface area contributed by atoms with E-state index >= 15 is 0 Å². The zero-order valence-electron chi connectivity index (χ0n) is 11.2. The zero-order chi connectivity index (χ0) is 13.7. The van der Waals surface area contributed by atoms with Crippen molar-refractivity contribution in [3.05, 3.63) is 65.5 Å². The predicted molar refractivity (Wildman–Crippen MR) is 73.9 cm³/mol. The Morgan fingerprint density at radius 3 is 2.63 bits per heavy atom. The molecule has 0 unspecified atom stereocenters. The van der Waals surface area contributed by atoms with E-state index in [0.29, 0.717) is 11.6 Å². The van der Waals surface area contributed by atoms with Crippen molar-refractivity contribution >= 4 is 5.97 Å². The van der Waals surface area contributed by atoms with E-state index < -0.39 is 0 Å². The molecule has 3 nitrogen and oxygen atoms in total. The van der Waals surface area contributed by atoms with Crippen LogP contribution in [-0.2, 0) is 11.3 Å². The van der Waals surface area contributed by atoms with Gasteiger partial charge in [-0.15, -0.1) is 0 Å². The molecule has 0 aliphatic rings. The molecule has 0 fully saturated rings. The number of esters is 1. The second-order valence-electron chi connectivity index (χ2n) is 4.69. The summed E-state index contributed by atoms with van der Waals surface area (Å²) in [4.78, 5) is 16.0.